The average Bonchev–Trinajstić information content (AvgIpc) is 3.00. The highest BCUT2D eigenvalue weighted by molar-refractivity contribution is 5.73. The van der Waals surface area contributed by atoms with Crippen LogP contribution in [0.1, 0.15) is 27.8 Å². The summed E-state index contributed by atoms with van der Waals surface area (Å²) in [6.45, 7) is 2.03. The number of carboxylic acid groups (broad SMARTS) is 1. The van der Waals surface area contributed by atoms with Gasteiger partial charge < -0.3 is 24.4 Å². The molecule has 1 atom stereocenters. The summed E-state index contributed by atoms with van der Waals surface area (Å²) >= 11 is 0. The number of aliphatic carboxylic acids is 1. The van der Waals surface area contributed by atoms with E-state index in [0.717, 1.165) is 27.8 Å². The lowest BCUT2D eigenvalue weighted by Crippen LogP contribution is -2.39. The van der Waals surface area contributed by atoms with Crippen LogP contribution in [0.3, 0.4) is 0 Å². The van der Waals surface area contributed by atoms with Crippen LogP contribution in [0, 0.1) is 18.3 Å². The van der Waals surface area contributed by atoms with Gasteiger partial charge in [0.25, 0.3) is 0 Å². The molecule has 4 aromatic rings. The van der Waals surface area contributed by atoms with Crippen LogP contribution >= 0.6 is 0 Å². The van der Waals surface area contributed by atoms with E-state index in [4.69, 9.17) is 14.2 Å². The van der Waals surface area contributed by atoms with Gasteiger partial charge >= 0.3 is 5.97 Å². The number of hydrogen-bond acceptors (Lipinski definition) is 7. The fourth-order valence-corrected chi connectivity index (χ4v) is 4.44. The third kappa shape index (κ3) is 7.42. The lowest BCUT2D eigenvalue weighted by molar-refractivity contribution is -0.140. The third-order valence-corrected chi connectivity index (χ3v) is 6.74. The maximum atomic E-state index is 11.4. The van der Waals surface area contributed by atoms with E-state index in [1.807, 2.05) is 36.4 Å². The fraction of sp³-hybridized carbons (Fsp3) is 0.212. The van der Waals surface area contributed by atoms with Crippen molar-refractivity contribution in [1.29, 1.82) is 5.26 Å². The number of nitrogens with zero attached hydrogens (tertiary/aromatic N) is 1. The van der Waals surface area contributed by atoms with Gasteiger partial charge in [0.1, 0.15) is 36.5 Å². The van der Waals surface area contributed by atoms with E-state index >= 15 is 0 Å². The molecular weight excluding hydrogens is 520 g/mol. The normalized spacial score (nSPS) is 11.4. The summed E-state index contributed by atoms with van der Waals surface area (Å²) in [5.41, 5.74) is 6.28. The van der Waals surface area contributed by atoms with Crippen molar-refractivity contribution in [3.8, 4) is 34.4 Å². The molecule has 0 unspecified atom stereocenters. The van der Waals surface area contributed by atoms with Gasteiger partial charge in [-0.25, -0.2) is 0 Å². The molecule has 0 spiro atoms. The minimum atomic E-state index is -1.17. The molecule has 0 bridgehead atoms. The third-order valence-electron chi connectivity index (χ3n) is 6.74. The summed E-state index contributed by atoms with van der Waals surface area (Å²) in [6, 6.07) is 27.8. The summed E-state index contributed by atoms with van der Waals surface area (Å²) in [7, 11) is 1.51. The smallest absolute Gasteiger partial charge is 0.323 e. The lowest BCUT2D eigenvalue weighted by Gasteiger charge is -2.20. The molecule has 4 aromatic carbocycles. The minimum absolute atomic E-state index is 0.0623. The first-order chi connectivity index (χ1) is 19.9. The number of benzene rings is 4. The van der Waals surface area contributed by atoms with E-state index < -0.39 is 18.6 Å². The molecule has 0 aliphatic carbocycles. The molecule has 0 aliphatic heterocycles. The van der Waals surface area contributed by atoms with Crippen molar-refractivity contribution in [2.45, 2.75) is 32.7 Å². The molecule has 4 rings (SSSR count). The van der Waals surface area contributed by atoms with E-state index in [2.05, 4.69) is 36.5 Å². The van der Waals surface area contributed by atoms with Gasteiger partial charge in [0.05, 0.1) is 30.9 Å². The van der Waals surface area contributed by atoms with E-state index in [-0.39, 0.29) is 13.2 Å². The maximum Gasteiger partial charge on any atom is 0.323 e. The fourth-order valence-electron chi connectivity index (χ4n) is 4.44. The van der Waals surface area contributed by atoms with E-state index in [1.54, 1.807) is 30.3 Å². The summed E-state index contributed by atoms with van der Waals surface area (Å²) in [5, 5.41) is 30.9. The van der Waals surface area contributed by atoms with Crippen molar-refractivity contribution in [3.63, 3.8) is 0 Å². The summed E-state index contributed by atoms with van der Waals surface area (Å²) < 4.78 is 18.0. The molecule has 0 amide bonds. The van der Waals surface area contributed by atoms with Crippen molar-refractivity contribution in [3.05, 3.63) is 113 Å². The number of ether oxygens (including phenoxy) is 3. The summed E-state index contributed by atoms with van der Waals surface area (Å²) in [4.78, 5) is 11.4. The standard InChI is InChI=1S/C33H32N2O6/c1-22-26(12-7-13-28(22)25-10-4-3-5-11-25)21-40-27-15-31(39-2)29(18-35-30(19-36)33(37)38)32(16-27)41-20-24-9-6-8-23(14-24)17-34/h3-16,30,35-36H,18-21H2,1-2H3,(H,37,38)/t30-/m1/s1. The highest BCUT2D eigenvalue weighted by Crippen LogP contribution is 2.36. The Morgan fingerprint density at radius 2 is 1.71 bits per heavy atom. The van der Waals surface area contributed by atoms with Crippen LogP contribution < -0.4 is 19.5 Å². The predicted octanol–water partition coefficient (Wildman–Crippen LogP) is 5.24. The zero-order chi connectivity index (χ0) is 29.2. The number of carboxylic acids is 1. The molecule has 0 saturated carbocycles. The summed E-state index contributed by atoms with van der Waals surface area (Å²) in [5.74, 6) is 0.196. The molecule has 8 heteroatoms. The topological polar surface area (TPSA) is 121 Å². The van der Waals surface area contributed by atoms with Crippen LogP contribution in [0.2, 0.25) is 0 Å². The van der Waals surface area contributed by atoms with Gasteiger partial charge in [0.15, 0.2) is 0 Å². The summed E-state index contributed by atoms with van der Waals surface area (Å²) in [6.07, 6.45) is 0. The van der Waals surface area contributed by atoms with E-state index in [1.165, 1.54) is 7.11 Å². The van der Waals surface area contributed by atoms with Gasteiger partial charge in [-0.2, -0.15) is 5.26 Å². The Bertz CT molecular complexity index is 1530. The molecule has 0 fully saturated rings. The molecule has 3 N–H and O–H groups in total. The molecule has 0 saturated heterocycles. The van der Waals surface area contributed by atoms with Crippen LogP contribution in [0.25, 0.3) is 11.1 Å². The highest BCUT2D eigenvalue weighted by Gasteiger charge is 2.20. The quantitative estimate of drug-likeness (QED) is 0.206. The Hall–Kier alpha value is -4.84. The number of methoxy groups -OCH3 is 1. The Morgan fingerprint density at radius 3 is 2.41 bits per heavy atom. The molecule has 8 nitrogen and oxygen atoms in total. The zero-order valence-electron chi connectivity index (χ0n) is 23.0. The maximum absolute atomic E-state index is 11.4. The SMILES string of the molecule is COc1cc(OCc2cccc(-c3ccccc3)c2C)cc(OCc2cccc(C#N)c2)c1CN[C@H](CO)C(=O)O. The average molecular weight is 553 g/mol. The number of aliphatic hydroxyl groups excluding tert-OH is 1. The predicted molar refractivity (Wildman–Crippen MR) is 155 cm³/mol. The molecule has 0 heterocycles. The van der Waals surface area contributed by atoms with Gasteiger partial charge in [-0.1, -0.05) is 60.7 Å². The Kier molecular flexibility index (Phi) is 9.94. The van der Waals surface area contributed by atoms with Crippen molar-refractivity contribution < 1.29 is 29.2 Å². The van der Waals surface area contributed by atoms with Crippen LogP contribution in [0.4, 0.5) is 0 Å². The zero-order valence-corrected chi connectivity index (χ0v) is 23.0. The number of carbonyl (C=O) groups is 1. The van der Waals surface area contributed by atoms with Crippen LogP contribution in [-0.2, 0) is 24.6 Å². The lowest BCUT2D eigenvalue weighted by atomic mass is 9.97. The molecule has 0 aromatic heterocycles. The van der Waals surface area contributed by atoms with Gasteiger partial charge in [-0.05, 0) is 46.9 Å². The van der Waals surface area contributed by atoms with Crippen LogP contribution in [0.5, 0.6) is 17.2 Å². The Labute approximate surface area is 239 Å². The van der Waals surface area contributed by atoms with Crippen molar-refractivity contribution in [1.82, 2.24) is 5.32 Å². The minimum Gasteiger partial charge on any atom is -0.496 e. The largest absolute Gasteiger partial charge is 0.496 e. The van der Waals surface area contributed by atoms with E-state index in [9.17, 15) is 20.3 Å². The van der Waals surface area contributed by atoms with Crippen LogP contribution in [-0.4, -0.2) is 35.9 Å². The number of nitrogens with one attached hydrogen (secondary N) is 1. The first kappa shape index (κ1) is 29.2. The molecule has 210 valence electrons. The van der Waals surface area contributed by atoms with Crippen LogP contribution in [0.15, 0.2) is 84.9 Å². The first-order valence-corrected chi connectivity index (χ1v) is 13.1. The highest BCUT2D eigenvalue weighted by atomic mass is 16.5. The van der Waals surface area contributed by atoms with Gasteiger partial charge in [0, 0.05) is 18.7 Å². The number of hydrogen-bond donors (Lipinski definition) is 3. The monoisotopic (exact) mass is 552 g/mol. The Morgan fingerprint density at radius 1 is 0.951 bits per heavy atom. The second-order valence-electron chi connectivity index (χ2n) is 9.40. The molecule has 0 radical (unpaired) electrons. The molecular formula is C33H32N2O6. The second-order valence-corrected chi connectivity index (χ2v) is 9.40. The van der Waals surface area contributed by atoms with Gasteiger partial charge in [0.2, 0.25) is 0 Å². The van der Waals surface area contributed by atoms with Gasteiger partial charge in [-0.3, -0.25) is 10.1 Å². The number of nitriles is 1. The van der Waals surface area contributed by atoms with Crippen molar-refractivity contribution >= 4 is 5.97 Å². The number of rotatable bonds is 13. The number of aliphatic hydroxyl groups is 1. The first-order valence-electron chi connectivity index (χ1n) is 13.1. The Balaban J connectivity index is 1.61. The molecule has 0 aliphatic rings. The van der Waals surface area contributed by atoms with Gasteiger partial charge in [-0.15, -0.1) is 0 Å². The van der Waals surface area contributed by atoms with E-state index in [0.29, 0.717) is 35.0 Å². The molecule has 41 heavy (non-hydrogen) atoms. The second kappa shape index (κ2) is 14.0. The van der Waals surface area contributed by atoms with Crippen molar-refractivity contribution in [2.24, 2.45) is 0 Å². The van der Waals surface area contributed by atoms with Crippen molar-refractivity contribution in [2.75, 3.05) is 13.7 Å².